The Morgan fingerprint density at radius 1 is 1.18 bits per heavy atom. The molecule has 1 aliphatic carbocycles. The number of hydrogen-bond donors (Lipinski definition) is 2. The van der Waals surface area contributed by atoms with Crippen molar-refractivity contribution in [1.29, 1.82) is 0 Å². The highest BCUT2D eigenvalue weighted by atomic mass is 19.3. The molecule has 1 saturated carbocycles. The number of pyridine rings is 1. The van der Waals surface area contributed by atoms with Gasteiger partial charge in [0.15, 0.2) is 18.2 Å². The molecule has 3 aliphatic rings. The molecule has 38 heavy (non-hydrogen) atoms. The second kappa shape index (κ2) is 8.77. The smallest absolute Gasteiger partial charge is 0.301 e. The summed E-state index contributed by atoms with van der Waals surface area (Å²) in [6, 6.07) is 3.76. The molecule has 0 radical (unpaired) electrons. The fraction of sp³-hybridized carbons (Fsp3) is 0.440. The average molecular weight is 530 g/mol. The molecule has 0 spiro atoms. The van der Waals surface area contributed by atoms with Crippen molar-refractivity contribution in [2.45, 2.75) is 24.8 Å². The highest BCUT2D eigenvalue weighted by molar-refractivity contribution is 5.97. The molecule has 1 saturated heterocycles. The predicted octanol–water partition coefficient (Wildman–Crippen LogP) is 2.71. The number of benzene rings is 1. The van der Waals surface area contributed by atoms with E-state index in [1.54, 1.807) is 35.0 Å². The molecule has 2 aromatic heterocycles. The van der Waals surface area contributed by atoms with E-state index in [0.29, 0.717) is 42.5 Å². The van der Waals surface area contributed by atoms with E-state index in [0.717, 1.165) is 6.20 Å². The highest BCUT2D eigenvalue weighted by Crippen LogP contribution is 2.45. The molecule has 0 bridgehead atoms. The van der Waals surface area contributed by atoms with Gasteiger partial charge in [-0.25, -0.2) is 18.2 Å². The molecular weight excluding hydrogens is 503 g/mol. The Kier molecular flexibility index (Phi) is 5.61. The van der Waals surface area contributed by atoms with E-state index in [2.05, 4.69) is 20.6 Å². The summed E-state index contributed by atoms with van der Waals surface area (Å²) in [5, 5.41) is 6.32. The molecule has 2 fully saturated rings. The molecule has 2 aliphatic heterocycles. The summed E-state index contributed by atoms with van der Waals surface area (Å²) in [4.78, 5) is 36.7. The minimum absolute atomic E-state index is 0.0795. The quantitative estimate of drug-likeness (QED) is 0.532. The van der Waals surface area contributed by atoms with Gasteiger partial charge in [0.1, 0.15) is 0 Å². The minimum Gasteiger partial charge on any atom is -0.480 e. The molecule has 1 unspecified atom stereocenters. The molecule has 2 N–H and O–H groups in total. The predicted molar refractivity (Wildman–Crippen MR) is 135 cm³/mol. The van der Waals surface area contributed by atoms with Gasteiger partial charge in [0.2, 0.25) is 17.6 Å². The lowest BCUT2D eigenvalue weighted by atomic mass is 10.0. The number of nitrogens with one attached hydrogen (secondary N) is 2. The molecule has 13 heteroatoms. The second-order valence-electron chi connectivity index (χ2n) is 10.0. The summed E-state index contributed by atoms with van der Waals surface area (Å²) >= 11 is 0. The fourth-order valence-corrected chi connectivity index (χ4v) is 4.95. The molecule has 3 aromatic rings. The molecule has 1 amide bonds. The van der Waals surface area contributed by atoms with Crippen molar-refractivity contribution in [3.63, 3.8) is 0 Å². The van der Waals surface area contributed by atoms with Crippen molar-refractivity contribution in [2.24, 2.45) is 13.0 Å². The standard InChI is InChI=1S/C25H26F3N7O3/c1-33-7-8-35(11-18(33)36)24-29-10-16(26)22(32-24)30-14-5-6-17-15(9-14)19-20(23(37)34(17)2)38-12-25(27,28)21(31-19)13-3-4-13/h5-6,9-10,13,21,31H,3-4,7-8,11-12H2,1-2H3,(H,29,30,32). The number of nitrogens with zero attached hydrogens (tertiary/aromatic N) is 5. The van der Waals surface area contributed by atoms with Gasteiger partial charge in [-0.05, 0) is 37.0 Å². The third kappa shape index (κ3) is 4.15. The lowest BCUT2D eigenvalue weighted by Gasteiger charge is -2.32. The van der Waals surface area contributed by atoms with Crippen LogP contribution in [0.2, 0.25) is 0 Å². The zero-order chi connectivity index (χ0) is 26.8. The number of hydrogen-bond acceptors (Lipinski definition) is 8. The van der Waals surface area contributed by atoms with Crippen LogP contribution in [0.1, 0.15) is 12.8 Å². The minimum atomic E-state index is -3.15. The van der Waals surface area contributed by atoms with Crippen LogP contribution in [0.5, 0.6) is 5.75 Å². The SMILES string of the molecule is CN1CCN(c2ncc(F)c(Nc3ccc4c(c3)c3c(c(=O)n4C)OCC(F)(F)C(C4CC4)N3)n2)CC1=O. The Balaban J connectivity index is 1.38. The van der Waals surface area contributed by atoms with Gasteiger partial charge in [0.05, 0.1) is 30.0 Å². The zero-order valence-corrected chi connectivity index (χ0v) is 20.8. The Morgan fingerprint density at radius 3 is 2.71 bits per heavy atom. The summed E-state index contributed by atoms with van der Waals surface area (Å²) in [5.74, 6) is -4.24. The van der Waals surface area contributed by atoms with Crippen LogP contribution in [-0.2, 0) is 11.8 Å². The van der Waals surface area contributed by atoms with Crippen LogP contribution in [0.3, 0.4) is 0 Å². The number of aromatic nitrogens is 3. The lowest BCUT2D eigenvalue weighted by Crippen LogP contribution is -2.49. The van der Waals surface area contributed by atoms with Crippen molar-refractivity contribution >= 4 is 40.0 Å². The number of ether oxygens (including phenoxy) is 1. The van der Waals surface area contributed by atoms with Crippen LogP contribution in [-0.4, -0.2) is 70.6 Å². The first-order chi connectivity index (χ1) is 18.1. The average Bonchev–Trinajstić information content (AvgIpc) is 3.73. The molecule has 6 rings (SSSR count). The Hall–Kier alpha value is -4.03. The number of amides is 1. The van der Waals surface area contributed by atoms with Crippen molar-refractivity contribution in [3.8, 4) is 5.75 Å². The Bertz CT molecular complexity index is 1510. The number of rotatable bonds is 4. The summed E-state index contributed by atoms with van der Waals surface area (Å²) < 4.78 is 51.2. The van der Waals surface area contributed by atoms with Gasteiger partial charge in [0, 0.05) is 38.3 Å². The number of carbonyl (C=O) groups is 1. The number of aryl methyl sites for hydroxylation is 1. The number of halogens is 3. The van der Waals surface area contributed by atoms with Crippen molar-refractivity contribution in [3.05, 3.63) is 40.6 Å². The van der Waals surface area contributed by atoms with Crippen LogP contribution in [0.15, 0.2) is 29.2 Å². The summed E-state index contributed by atoms with van der Waals surface area (Å²) in [6.45, 7) is 0.182. The molecule has 200 valence electrons. The van der Waals surface area contributed by atoms with Crippen LogP contribution >= 0.6 is 0 Å². The summed E-state index contributed by atoms with van der Waals surface area (Å²) in [7, 11) is 3.25. The van der Waals surface area contributed by atoms with E-state index in [4.69, 9.17) is 4.74 Å². The number of likely N-dealkylation sites (N-methyl/N-ethyl adjacent to an activating group) is 1. The maximum Gasteiger partial charge on any atom is 0.301 e. The van der Waals surface area contributed by atoms with E-state index in [1.165, 1.54) is 11.6 Å². The number of piperazine rings is 1. The first-order valence-corrected chi connectivity index (χ1v) is 12.3. The largest absolute Gasteiger partial charge is 0.480 e. The van der Waals surface area contributed by atoms with E-state index < -0.39 is 29.9 Å². The van der Waals surface area contributed by atoms with Gasteiger partial charge < -0.3 is 29.7 Å². The second-order valence-corrected chi connectivity index (χ2v) is 10.0. The molecule has 1 aromatic carbocycles. The van der Waals surface area contributed by atoms with E-state index in [1.807, 2.05) is 0 Å². The van der Waals surface area contributed by atoms with Crippen LogP contribution < -0.4 is 25.8 Å². The topological polar surface area (TPSA) is 105 Å². The van der Waals surface area contributed by atoms with Gasteiger partial charge in [-0.15, -0.1) is 0 Å². The monoisotopic (exact) mass is 529 g/mol. The van der Waals surface area contributed by atoms with Crippen molar-refractivity contribution in [2.75, 3.05) is 48.8 Å². The maximum absolute atomic E-state index is 14.9. The summed E-state index contributed by atoms with van der Waals surface area (Å²) in [6.07, 6.45) is 2.38. The Morgan fingerprint density at radius 2 is 1.97 bits per heavy atom. The Labute approximate surface area is 215 Å². The van der Waals surface area contributed by atoms with E-state index in [-0.39, 0.29) is 41.6 Å². The van der Waals surface area contributed by atoms with Crippen molar-refractivity contribution in [1.82, 2.24) is 19.4 Å². The number of carbonyl (C=O) groups excluding carboxylic acids is 1. The number of anilines is 4. The number of fused-ring (bicyclic) bond motifs is 3. The molecular formula is C25H26F3N7O3. The van der Waals surface area contributed by atoms with Gasteiger partial charge in [0.25, 0.3) is 5.56 Å². The van der Waals surface area contributed by atoms with Gasteiger partial charge in [-0.2, -0.15) is 4.98 Å². The van der Waals surface area contributed by atoms with Gasteiger partial charge >= 0.3 is 5.92 Å². The highest BCUT2D eigenvalue weighted by Gasteiger charge is 2.51. The fourth-order valence-electron chi connectivity index (χ4n) is 4.95. The first kappa shape index (κ1) is 24.3. The van der Waals surface area contributed by atoms with Crippen LogP contribution in [0, 0.1) is 11.7 Å². The van der Waals surface area contributed by atoms with Crippen molar-refractivity contribution < 1.29 is 22.7 Å². The van der Waals surface area contributed by atoms with Gasteiger partial charge in [-0.1, -0.05) is 0 Å². The molecule has 10 nitrogen and oxygen atoms in total. The normalized spacial score (nSPS) is 21.0. The summed E-state index contributed by atoms with van der Waals surface area (Å²) in [5.41, 5.74) is 0.578. The molecule has 1 atom stereocenters. The maximum atomic E-state index is 14.9. The van der Waals surface area contributed by atoms with Crippen LogP contribution in [0.25, 0.3) is 10.9 Å². The van der Waals surface area contributed by atoms with Crippen LogP contribution in [0.4, 0.5) is 36.3 Å². The third-order valence-corrected chi connectivity index (χ3v) is 7.34. The third-order valence-electron chi connectivity index (χ3n) is 7.34. The molecule has 4 heterocycles. The van der Waals surface area contributed by atoms with E-state index >= 15 is 0 Å². The number of alkyl halides is 2. The van der Waals surface area contributed by atoms with Gasteiger partial charge in [-0.3, -0.25) is 9.59 Å². The first-order valence-electron chi connectivity index (χ1n) is 12.3. The lowest BCUT2D eigenvalue weighted by molar-refractivity contribution is -0.129. The zero-order valence-electron chi connectivity index (χ0n) is 20.8. The van der Waals surface area contributed by atoms with E-state index in [9.17, 15) is 22.8 Å².